The molecule has 1 aromatic rings. The molecule has 1 aliphatic rings. The number of carbonyl (C=O) groups excluding carboxylic acids is 1. The minimum absolute atomic E-state index is 0.0436. The van der Waals surface area contributed by atoms with Crippen molar-refractivity contribution in [2.45, 2.75) is 18.9 Å². The monoisotopic (exact) mass is 250 g/mol. The second kappa shape index (κ2) is 5.27. The van der Waals surface area contributed by atoms with Gasteiger partial charge in [-0.25, -0.2) is 0 Å². The Bertz CT molecular complexity index is 440. The Morgan fingerprint density at radius 2 is 2.00 bits per heavy atom. The van der Waals surface area contributed by atoms with Gasteiger partial charge < -0.3 is 20.4 Å². The number of aromatic hydroxyl groups is 2. The zero-order valence-corrected chi connectivity index (χ0v) is 10.4. The van der Waals surface area contributed by atoms with Gasteiger partial charge in [0.1, 0.15) is 11.5 Å². The molecule has 18 heavy (non-hydrogen) atoms. The maximum absolute atomic E-state index is 12.2. The predicted octanol–water partition coefficient (Wildman–Crippen LogP) is 0.922. The molecule has 0 aromatic heterocycles. The minimum atomic E-state index is -0.179. The number of benzene rings is 1. The molecule has 0 saturated carbocycles. The Labute approximate surface area is 106 Å². The molecule has 98 valence electrons. The van der Waals surface area contributed by atoms with Crippen LogP contribution in [0.4, 0.5) is 0 Å². The summed E-state index contributed by atoms with van der Waals surface area (Å²) in [6.07, 6.45) is 1.84. The number of nitrogens with one attached hydrogen (secondary N) is 1. The lowest BCUT2D eigenvalue weighted by Gasteiger charge is -2.32. The Kier molecular flexibility index (Phi) is 3.72. The van der Waals surface area contributed by atoms with E-state index in [1.54, 1.807) is 4.90 Å². The predicted molar refractivity (Wildman–Crippen MR) is 67.8 cm³/mol. The Hall–Kier alpha value is -1.75. The van der Waals surface area contributed by atoms with Crippen LogP contribution in [0.2, 0.25) is 0 Å². The van der Waals surface area contributed by atoms with Crippen LogP contribution in [0.15, 0.2) is 18.2 Å². The summed E-state index contributed by atoms with van der Waals surface area (Å²) in [5.41, 5.74) is 0.246. The van der Waals surface area contributed by atoms with Gasteiger partial charge in [-0.1, -0.05) is 0 Å². The molecular weight excluding hydrogens is 232 g/mol. The van der Waals surface area contributed by atoms with Crippen molar-refractivity contribution in [2.75, 3.05) is 20.1 Å². The van der Waals surface area contributed by atoms with E-state index >= 15 is 0 Å². The van der Waals surface area contributed by atoms with Crippen LogP contribution in [-0.2, 0) is 0 Å². The van der Waals surface area contributed by atoms with Crippen LogP contribution in [0, 0.1) is 0 Å². The van der Waals surface area contributed by atoms with E-state index in [-0.39, 0.29) is 23.0 Å². The second-order valence-corrected chi connectivity index (χ2v) is 4.56. The molecule has 0 aliphatic carbocycles. The van der Waals surface area contributed by atoms with Crippen molar-refractivity contribution < 1.29 is 15.0 Å². The van der Waals surface area contributed by atoms with Crippen molar-refractivity contribution >= 4 is 5.91 Å². The molecule has 1 heterocycles. The van der Waals surface area contributed by atoms with E-state index in [1.165, 1.54) is 18.2 Å². The lowest BCUT2D eigenvalue weighted by Crippen LogP contribution is -2.43. The first-order chi connectivity index (χ1) is 8.61. The molecule has 0 atom stereocenters. The van der Waals surface area contributed by atoms with Crippen LogP contribution in [0.25, 0.3) is 0 Å². The van der Waals surface area contributed by atoms with E-state index in [0.29, 0.717) is 19.1 Å². The number of nitrogens with zero attached hydrogens (tertiary/aromatic N) is 1. The van der Waals surface area contributed by atoms with Gasteiger partial charge in [-0.05, 0) is 32.0 Å². The molecule has 0 bridgehead atoms. The average Bonchev–Trinajstić information content (AvgIpc) is 2.38. The van der Waals surface area contributed by atoms with Gasteiger partial charge in [-0.2, -0.15) is 0 Å². The number of likely N-dealkylation sites (tertiary alicyclic amines) is 1. The molecule has 5 nitrogen and oxygen atoms in total. The molecule has 5 heteroatoms. The van der Waals surface area contributed by atoms with Gasteiger partial charge in [0.15, 0.2) is 0 Å². The number of carbonyl (C=O) groups is 1. The molecule has 3 N–H and O–H groups in total. The summed E-state index contributed by atoms with van der Waals surface area (Å²) in [4.78, 5) is 13.9. The zero-order valence-electron chi connectivity index (χ0n) is 10.4. The van der Waals surface area contributed by atoms with Gasteiger partial charge >= 0.3 is 0 Å². The summed E-state index contributed by atoms with van der Waals surface area (Å²) in [7, 11) is 1.92. The maximum atomic E-state index is 12.2. The van der Waals surface area contributed by atoms with E-state index < -0.39 is 0 Å². The van der Waals surface area contributed by atoms with Gasteiger partial charge in [0, 0.05) is 25.2 Å². The fraction of sp³-hybridized carbons (Fsp3) is 0.462. The van der Waals surface area contributed by atoms with Crippen molar-refractivity contribution in [1.29, 1.82) is 0 Å². The van der Waals surface area contributed by atoms with E-state index in [2.05, 4.69) is 5.32 Å². The molecule has 1 saturated heterocycles. The molecule has 1 aliphatic heterocycles. The first-order valence-electron chi connectivity index (χ1n) is 6.10. The number of phenolic OH excluding ortho intramolecular Hbond substituents is 2. The molecule has 1 amide bonds. The van der Waals surface area contributed by atoms with Crippen LogP contribution in [0.3, 0.4) is 0 Å². The van der Waals surface area contributed by atoms with Crippen LogP contribution in [0.5, 0.6) is 11.5 Å². The third kappa shape index (κ3) is 2.56. The quantitative estimate of drug-likeness (QED) is 0.730. The van der Waals surface area contributed by atoms with Crippen molar-refractivity contribution in [1.82, 2.24) is 10.2 Å². The molecule has 1 aromatic carbocycles. The van der Waals surface area contributed by atoms with Crippen molar-refractivity contribution in [3.05, 3.63) is 23.8 Å². The van der Waals surface area contributed by atoms with Gasteiger partial charge in [0.05, 0.1) is 5.56 Å². The highest BCUT2D eigenvalue weighted by atomic mass is 16.3. The number of hydrogen-bond acceptors (Lipinski definition) is 4. The Morgan fingerprint density at radius 3 is 2.56 bits per heavy atom. The van der Waals surface area contributed by atoms with E-state index in [0.717, 1.165) is 12.8 Å². The highest BCUT2D eigenvalue weighted by Crippen LogP contribution is 2.25. The number of piperidine rings is 1. The maximum Gasteiger partial charge on any atom is 0.257 e. The van der Waals surface area contributed by atoms with Gasteiger partial charge in [0.2, 0.25) is 0 Å². The highest BCUT2D eigenvalue weighted by molar-refractivity contribution is 5.97. The zero-order chi connectivity index (χ0) is 13.1. The lowest BCUT2D eigenvalue weighted by atomic mass is 10.0. The lowest BCUT2D eigenvalue weighted by molar-refractivity contribution is 0.0704. The minimum Gasteiger partial charge on any atom is -0.508 e. The molecule has 1 fully saturated rings. The standard InChI is InChI=1S/C13H18N2O3/c1-14-9-4-6-15(7-5-9)13(18)11-3-2-10(16)8-12(11)17/h2-3,8-9,14,16-17H,4-7H2,1H3. The molecular formula is C13H18N2O3. The van der Waals surface area contributed by atoms with E-state index in [1.807, 2.05) is 7.05 Å². The average molecular weight is 250 g/mol. The Morgan fingerprint density at radius 1 is 1.33 bits per heavy atom. The highest BCUT2D eigenvalue weighted by Gasteiger charge is 2.24. The molecule has 0 radical (unpaired) electrons. The second-order valence-electron chi connectivity index (χ2n) is 4.56. The van der Waals surface area contributed by atoms with Gasteiger partial charge in [-0.15, -0.1) is 0 Å². The third-order valence-corrected chi connectivity index (χ3v) is 3.40. The van der Waals surface area contributed by atoms with E-state index in [4.69, 9.17) is 0 Å². The summed E-state index contributed by atoms with van der Waals surface area (Å²) in [5, 5.41) is 22.1. The topological polar surface area (TPSA) is 72.8 Å². The third-order valence-electron chi connectivity index (χ3n) is 3.40. The van der Waals surface area contributed by atoms with Gasteiger partial charge in [-0.3, -0.25) is 4.79 Å². The summed E-state index contributed by atoms with van der Waals surface area (Å²) >= 11 is 0. The normalized spacial score (nSPS) is 16.8. The smallest absolute Gasteiger partial charge is 0.257 e. The summed E-state index contributed by atoms with van der Waals surface area (Å²) in [6, 6.07) is 4.51. The van der Waals surface area contributed by atoms with Gasteiger partial charge in [0.25, 0.3) is 5.91 Å². The molecule has 0 spiro atoms. The van der Waals surface area contributed by atoms with Crippen LogP contribution in [-0.4, -0.2) is 47.2 Å². The summed E-state index contributed by atoms with van der Waals surface area (Å²) in [6.45, 7) is 1.37. The number of hydrogen-bond donors (Lipinski definition) is 3. The van der Waals surface area contributed by atoms with Crippen molar-refractivity contribution in [2.24, 2.45) is 0 Å². The fourth-order valence-electron chi connectivity index (χ4n) is 2.24. The molecule has 2 rings (SSSR count). The van der Waals surface area contributed by atoms with Crippen LogP contribution < -0.4 is 5.32 Å². The Balaban J connectivity index is 2.08. The van der Waals surface area contributed by atoms with Crippen molar-refractivity contribution in [3.8, 4) is 11.5 Å². The van der Waals surface area contributed by atoms with Crippen LogP contribution in [0.1, 0.15) is 23.2 Å². The summed E-state index contributed by atoms with van der Waals surface area (Å²) < 4.78 is 0. The van der Waals surface area contributed by atoms with Crippen LogP contribution >= 0.6 is 0 Å². The largest absolute Gasteiger partial charge is 0.508 e. The first-order valence-corrected chi connectivity index (χ1v) is 6.10. The number of rotatable bonds is 2. The van der Waals surface area contributed by atoms with Crippen molar-refractivity contribution in [3.63, 3.8) is 0 Å². The fourth-order valence-corrected chi connectivity index (χ4v) is 2.24. The first kappa shape index (κ1) is 12.7. The number of amides is 1. The van der Waals surface area contributed by atoms with E-state index in [9.17, 15) is 15.0 Å². The number of phenols is 2. The SMILES string of the molecule is CNC1CCN(C(=O)c2ccc(O)cc2O)CC1. The summed E-state index contributed by atoms with van der Waals surface area (Å²) in [5.74, 6) is -0.393. The molecule has 0 unspecified atom stereocenters.